The van der Waals surface area contributed by atoms with E-state index < -0.39 is 0 Å². The molecule has 22 heavy (non-hydrogen) atoms. The molecule has 1 atom stereocenters. The zero-order valence-corrected chi connectivity index (χ0v) is 13.5. The van der Waals surface area contributed by atoms with E-state index in [1.165, 1.54) is 0 Å². The van der Waals surface area contributed by atoms with E-state index in [4.69, 9.17) is 11.6 Å². The second-order valence-electron chi connectivity index (χ2n) is 5.41. The van der Waals surface area contributed by atoms with Crippen LogP contribution in [0.3, 0.4) is 0 Å². The number of hydrogen-bond donors (Lipinski definition) is 1. The van der Waals surface area contributed by atoms with Crippen LogP contribution in [0.1, 0.15) is 28.4 Å². The third-order valence-electron chi connectivity index (χ3n) is 3.37. The molecule has 4 nitrogen and oxygen atoms in total. The Hall–Kier alpha value is -1.91. The summed E-state index contributed by atoms with van der Waals surface area (Å²) in [5.74, 6) is -0.119. The van der Waals surface area contributed by atoms with Crippen molar-refractivity contribution in [2.45, 2.75) is 12.5 Å². The highest BCUT2D eigenvalue weighted by atomic mass is 35.5. The predicted molar refractivity (Wildman–Crippen MR) is 89.1 cm³/mol. The summed E-state index contributed by atoms with van der Waals surface area (Å²) in [7, 11) is 4.03. The van der Waals surface area contributed by atoms with Gasteiger partial charge in [0.25, 0.3) is 5.91 Å². The van der Waals surface area contributed by atoms with Crippen LogP contribution in [0.2, 0.25) is 5.02 Å². The van der Waals surface area contributed by atoms with Gasteiger partial charge in [-0.1, -0.05) is 23.7 Å². The maximum absolute atomic E-state index is 12.3. The summed E-state index contributed by atoms with van der Waals surface area (Å²) >= 11 is 5.94. The number of rotatable bonds is 6. The van der Waals surface area contributed by atoms with Gasteiger partial charge in [-0.05, 0) is 56.9 Å². The van der Waals surface area contributed by atoms with Crippen LogP contribution in [0.4, 0.5) is 0 Å². The number of carbonyl (C=O) groups excluding carboxylic acids is 1. The number of halogens is 1. The third-order valence-corrected chi connectivity index (χ3v) is 3.62. The number of pyridine rings is 1. The number of hydrogen-bond acceptors (Lipinski definition) is 3. The fourth-order valence-electron chi connectivity index (χ4n) is 2.14. The molecule has 2 rings (SSSR count). The van der Waals surface area contributed by atoms with Gasteiger partial charge in [0.2, 0.25) is 0 Å². The lowest BCUT2D eigenvalue weighted by Gasteiger charge is -2.21. The lowest BCUT2D eigenvalue weighted by molar-refractivity contribution is 0.0932. The Kier molecular flexibility index (Phi) is 5.92. The monoisotopic (exact) mass is 317 g/mol. The molecule has 1 N–H and O–H groups in total. The largest absolute Gasteiger partial charge is 0.345 e. The quantitative estimate of drug-likeness (QED) is 0.890. The van der Waals surface area contributed by atoms with E-state index in [2.05, 4.69) is 15.2 Å². The lowest BCUT2D eigenvalue weighted by Crippen LogP contribution is -2.31. The Labute approximate surface area is 136 Å². The van der Waals surface area contributed by atoms with Crippen molar-refractivity contribution in [3.05, 3.63) is 64.9 Å². The maximum Gasteiger partial charge on any atom is 0.253 e. The molecule has 0 aliphatic carbocycles. The predicted octanol–water partition coefficient (Wildman–Crippen LogP) is 3.16. The van der Waals surface area contributed by atoms with Crippen LogP contribution in [0.25, 0.3) is 0 Å². The minimum absolute atomic E-state index is 0.0626. The summed E-state index contributed by atoms with van der Waals surface area (Å²) in [6.07, 6.45) is 4.04. The SMILES string of the molecule is CN(C)CCC(NC(=O)c1cccnc1)c1ccc(Cl)cc1. The molecule has 116 valence electrons. The van der Waals surface area contributed by atoms with Crippen LogP contribution in [0.5, 0.6) is 0 Å². The number of amides is 1. The smallest absolute Gasteiger partial charge is 0.253 e. The molecule has 1 aromatic heterocycles. The first kappa shape index (κ1) is 16.5. The van der Waals surface area contributed by atoms with Gasteiger partial charge < -0.3 is 10.2 Å². The number of carbonyl (C=O) groups is 1. The number of aromatic nitrogens is 1. The maximum atomic E-state index is 12.3. The summed E-state index contributed by atoms with van der Waals surface area (Å²) in [4.78, 5) is 18.4. The Morgan fingerprint density at radius 1 is 1.27 bits per heavy atom. The lowest BCUT2D eigenvalue weighted by atomic mass is 10.0. The van der Waals surface area contributed by atoms with Gasteiger partial charge in [0, 0.05) is 17.4 Å². The molecule has 1 aromatic carbocycles. The summed E-state index contributed by atoms with van der Waals surface area (Å²) in [6.45, 7) is 0.876. The first-order chi connectivity index (χ1) is 10.6. The molecule has 0 bridgehead atoms. The van der Waals surface area contributed by atoms with Gasteiger partial charge in [-0.3, -0.25) is 9.78 Å². The van der Waals surface area contributed by atoms with Gasteiger partial charge in [-0.15, -0.1) is 0 Å². The third kappa shape index (κ3) is 4.83. The zero-order valence-electron chi connectivity index (χ0n) is 12.8. The average Bonchev–Trinajstić information content (AvgIpc) is 2.53. The summed E-state index contributed by atoms with van der Waals surface area (Å²) in [5, 5.41) is 3.76. The van der Waals surface area contributed by atoms with Gasteiger partial charge in [0.15, 0.2) is 0 Å². The summed E-state index contributed by atoms with van der Waals surface area (Å²) in [6, 6.07) is 11.0. The van der Waals surface area contributed by atoms with Gasteiger partial charge in [0.1, 0.15) is 0 Å². The first-order valence-corrected chi connectivity index (χ1v) is 7.55. The zero-order chi connectivity index (χ0) is 15.9. The molecule has 0 aliphatic heterocycles. The van der Waals surface area contributed by atoms with Crippen LogP contribution in [0, 0.1) is 0 Å². The van der Waals surface area contributed by atoms with Gasteiger partial charge in [-0.2, -0.15) is 0 Å². The Morgan fingerprint density at radius 3 is 2.59 bits per heavy atom. The van der Waals surface area contributed by atoms with Crippen LogP contribution in [0.15, 0.2) is 48.8 Å². The minimum atomic E-state index is -0.119. The molecule has 0 saturated heterocycles. The van der Waals surface area contributed by atoms with E-state index in [9.17, 15) is 4.79 Å². The minimum Gasteiger partial charge on any atom is -0.345 e. The summed E-state index contributed by atoms with van der Waals surface area (Å²) in [5.41, 5.74) is 1.61. The van der Waals surface area contributed by atoms with Crippen molar-refractivity contribution in [3.63, 3.8) is 0 Å². The molecular formula is C17H20ClN3O. The topological polar surface area (TPSA) is 45.2 Å². The first-order valence-electron chi connectivity index (χ1n) is 7.17. The van der Waals surface area contributed by atoms with Crippen molar-refractivity contribution in [3.8, 4) is 0 Å². The standard InChI is InChI=1S/C17H20ClN3O/c1-21(2)11-9-16(13-5-7-15(18)8-6-13)20-17(22)14-4-3-10-19-12-14/h3-8,10,12,16H,9,11H2,1-2H3,(H,20,22). The van der Waals surface area contributed by atoms with Crippen molar-refractivity contribution in [2.75, 3.05) is 20.6 Å². The summed E-state index contributed by atoms with van der Waals surface area (Å²) < 4.78 is 0. The molecule has 0 fully saturated rings. The van der Waals surface area contributed by atoms with Gasteiger partial charge in [0.05, 0.1) is 11.6 Å². The highest BCUT2D eigenvalue weighted by molar-refractivity contribution is 6.30. The normalized spacial score (nSPS) is 12.2. The highest BCUT2D eigenvalue weighted by Gasteiger charge is 2.16. The van der Waals surface area contributed by atoms with Crippen molar-refractivity contribution < 1.29 is 4.79 Å². The second kappa shape index (κ2) is 7.92. The van der Waals surface area contributed by atoms with Crippen LogP contribution >= 0.6 is 11.6 Å². The number of nitrogens with one attached hydrogen (secondary N) is 1. The fraction of sp³-hybridized carbons (Fsp3) is 0.294. The molecule has 1 heterocycles. The molecule has 0 radical (unpaired) electrons. The van der Waals surface area contributed by atoms with Gasteiger partial charge >= 0.3 is 0 Å². The van der Waals surface area contributed by atoms with Crippen molar-refractivity contribution >= 4 is 17.5 Å². The van der Waals surface area contributed by atoms with E-state index in [1.54, 1.807) is 24.5 Å². The van der Waals surface area contributed by atoms with E-state index in [0.29, 0.717) is 10.6 Å². The molecule has 0 saturated carbocycles. The van der Waals surface area contributed by atoms with Crippen molar-refractivity contribution in [1.82, 2.24) is 15.2 Å². The highest BCUT2D eigenvalue weighted by Crippen LogP contribution is 2.20. The second-order valence-corrected chi connectivity index (χ2v) is 5.85. The molecule has 0 aliphatic rings. The molecule has 0 spiro atoms. The number of nitrogens with zero attached hydrogens (tertiary/aromatic N) is 2. The average molecular weight is 318 g/mol. The van der Waals surface area contributed by atoms with Crippen LogP contribution < -0.4 is 5.32 Å². The van der Waals surface area contributed by atoms with E-state index in [0.717, 1.165) is 18.5 Å². The van der Waals surface area contributed by atoms with Crippen molar-refractivity contribution in [2.24, 2.45) is 0 Å². The molecule has 1 unspecified atom stereocenters. The van der Waals surface area contributed by atoms with Crippen molar-refractivity contribution in [1.29, 1.82) is 0 Å². The fourth-order valence-corrected chi connectivity index (χ4v) is 2.27. The van der Waals surface area contributed by atoms with E-state index in [-0.39, 0.29) is 11.9 Å². The van der Waals surface area contributed by atoms with Gasteiger partial charge in [-0.25, -0.2) is 0 Å². The molecular weight excluding hydrogens is 298 g/mol. The Morgan fingerprint density at radius 2 is 2.00 bits per heavy atom. The Balaban J connectivity index is 2.13. The van der Waals surface area contributed by atoms with Crippen LogP contribution in [-0.4, -0.2) is 36.4 Å². The van der Waals surface area contributed by atoms with E-state index >= 15 is 0 Å². The number of benzene rings is 1. The Bertz CT molecular complexity index is 599. The molecule has 2 aromatic rings. The molecule has 5 heteroatoms. The molecule has 1 amide bonds. The van der Waals surface area contributed by atoms with Crippen LogP contribution in [-0.2, 0) is 0 Å². The van der Waals surface area contributed by atoms with E-state index in [1.807, 2.05) is 38.4 Å².